The molecule has 140 valence electrons. The summed E-state index contributed by atoms with van der Waals surface area (Å²) in [6.45, 7) is -0.259. The van der Waals surface area contributed by atoms with Crippen LogP contribution in [-0.2, 0) is 21.4 Å². The van der Waals surface area contributed by atoms with Crippen molar-refractivity contribution in [2.75, 3.05) is 37.1 Å². The smallest absolute Gasteiger partial charge is 0.239 e. The first-order chi connectivity index (χ1) is 12.2. The molecule has 0 saturated heterocycles. The first-order valence-electron chi connectivity index (χ1n) is 7.92. The Bertz CT molecular complexity index is 868. The van der Waals surface area contributed by atoms with Crippen molar-refractivity contribution in [2.45, 2.75) is 6.54 Å². The number of sulfonamides is 1. The first kappa shape index (κ1) is 20.2. The van der Waals surface area contributed by atoms with Gasteiger partial charge in [-0.2, -0.15) is 4.31 Å². The molecule has 6 nitrogen and oxygen atoms in total. The van der Waals surface area contributed by atoms with Crippen molar-refractivity contribution in [2.24, 2.45) is 0 Å². The fraction of sp³-hybridized carbons (Fsp3) is 0.278. The van der Waals surface area contributed by atoms with Crippen LogP contribution in [0, 0.1) is 0 Å². The number of carbonyl (C=O) groups excluding carboxylic acids is 1. The van der Waals surface area contributed by atoms with Gasteiger partial charge < -0.3 is 10.2 Å². The molecule has 0 aliphatic rings. The van der Waals surface area contributed by atoms with E-state index < -0.39 is 15.9 Å². The number of hydrogen-bond donors (Lipinski definition) is 1. The molecule has 0 unspecified atom stereocenters. The first-order valence-corrected chi connectivity index (χ1v) is 10.1. The van der Waals surface area contributed by atoms with E-state index in [1.165, 1.54) is 0 Å². The summed E-state index contributed by atoms with van der Waals surface area (Å²) in [4.78, 5) is 14.2. The highest BCUT2D eigenvalue weighted by molar-refractivity contribution is 7.88. The summed E-state index contributed by atoms with van der Waals surface area (Å²) in [5.41, 5.74) is 2.24. The van der Waals surface area contributed by atoms with Gasteiger partial charge in [0.05, 0.1) is 12.8 Å². The van der Waals surface area contributed by atoms with Crippen LogP contribution in [0.15, 0.2) is 48.5 Å². The summed E-state index contributed by atoms with van der Waals surface area (Å²) in [7, 11) is 0.268. The van der Waals surface area contributed by atoms with Gasteiger partial charge in [-0.1, -0.05) is 29.8 Å². The second-order valence-electron chi connectivity index (χ2n) is 6.11. The molecule has 0 radical (unpaired) electrons. The van der Waals surface area contributed by atoms with Gasteiger partial charge in [0.25, 0.3) is 0 Å². The van der Waals surface area contributed by atoms with Gasteiger partial charge in [0, 0.05) is 37.0 Å². The molecule has 1 N–H and O–H groups in total. The summed E-state index contributed by atoms with van der Waals surface area (Å²) < 4.78 is 25.2. The summed E-state index contributed by atoms with van der Waals surface area (Å²) in [5.74, 6) is -0.417. The molecular weight excluding hydrogens is 374 g/mol. The number of nitrogens with one attached hydrogen (secondary N) is 1. The molecule has 2 aromatic rings. The molecule has 0 fully saturated rings. The van der Waals surface area contributed by atoms with Crippen molar-refractivity contribution in [1.29, 1.82) is 0 Å². The minimum Gasteiger partial charge on any atom is -0.378 e. The minimum atomic E-state index is -3.58. The largest absolute Gasteiger partial charge is 0.378 e. The number of halogens is 1. The van der Waals surface area contributed by atoms with E-state index in [4.69, 9.17) is 11.6 Å². The lowest BCUT2D eigenvalue weighted by Crippen LogP contribution is -2.37. The van der Waals surface area contributed by atoms with Gasteiger partial charge in [-0.3, -0.25) is 4.79 Å². The van der Waals surface area contributed by atoms with Crippen LogP contribution in [-0.4, -0.2) is 45.5 Å². The summed E-state index contributed by atoms with van der Waals surface area (Å²) >= 11 is 6.10. The Balaban J connectivity index is 2.08. The van der Waals surface area contributed by atoms with Crippen LogP contribution >= 0.6 is 11.6 Å². The highest BCUT2D eigenvalue weighted by Gasteiger charge is 2.21. The number of carbonyl (C=O) groups is 1. The van der Waals surface area contributed by atoms with Gasteiger partial charge >= 0.3 is 0 Å². The number of hydrogen-bond acceptors (Lipinski definition) is 4. The van der Waals surface area contributed by atoms with Crippen LogP contribution in [0.5, 0.6) is 0 Å². The standard InChI is InChI=1S/C18H22ClN3O3S/c1-21(2)16-10-8-15(9-11-16)20-18(23)13-22(26(3,24)25)12-14-6-4-5-7-17(14)19/h4-11H,12-13H2,1-3H3,(H,20,23). The molecule has 0 aromatic heterocycles. The summed E-state index contributed by atoms with van der Waals surface area (Å²) in [6, 6.07) is 14.2. The Morgan fingerprint density at radius 3 is 2.23 bits per heavy atom. The zero-order valence-electron chi connectivity index (χ0n) is 14.9. The quantitative estimate of drug-likeness (QED) is 0.782. The maximum Gasteiger partial charge on any atom is 0.239 e. The molecule has 1 amide bonds. The second-order valence-corrected chi connectivity index (χ2v) is 8.50. The molecular formula is C18H22ClN3O3S. The number of nitrogens with zero attached hydrogens (tertiary/aromatic N) is 2. The van der Waals surface area contributed by atoms with Crippen molar-refractivity contribution in [3.8, 4) is 0 Å². The van der Waals surface area contributed by atoms with Crippen LogP contribution < -0.4 is 10.2 Å². The molecule has 0 atom stereocenters. The highest BCUT2D eigenvalue weighted by Crippen LogP contribution is 2.19. The maximum atomic E-state index is 12.3. The van der Waals surface area contributed by atoms with Gasteiger partial charge in [-0.25, -0.2) is 8.42 Å². The second kappa shape index (κ2) is 8.53. The predicted octanol–water partition coefficient (Wildman–Crippen LogP) is 2.81. The van der Waals surface area contributed by atoms with E-state index in [-0.39, 0.29) is 13.1 Å². The lowest BCUT2D eigenvalue weighted by atomic mass is 10.2. The summed E-state index contributed by atoms with van der Waals surface area (Å²) in [6.07, 6.45) is 1.07. The topological polar surface area (TPSA) is 69.7 Å². The Morgan fingerprint density at radius 2 is 1.69 bits per heavy atom. The maximum absolute atomic E-state index is 12.3. The van der Waals surface area contributed by atoms with Gasteiger partial charge in [0.1, 0.15) is 0 Å². The van der Waals surface area contributed by atoms with Crippen LogP contribution in [0.2, 0.25) is 5.02 Å². The number of amides is 1. The fourth-order valence-corrected chi connectivity index (χ4v) is 3.23. The third-order valence-corrected chi connectivity index (χ3v) is 5.33. The molecule has 2 rings (SSSR count). The monoisotopic (exact) mass is 395 g/mol. The molecule has 0 aliphatic heterocycles. The average molecular weight is 396 g/mol. The number of benzene rings is 2. The molecule has 8 heteroatoms. The number of rotatable bonds is 7. The number of anilines is 2. The van der Waals surface area contributed by atoms with E-state index in [2.05, 4.69) is 5.32 Å². The normalized spacial score (nSPS) is 11.4. The molecule has 0 saturated carbocycles. The highest BCUT2D eigenvalue weighted by atomic mass is 35.5. The Labute approximate surface area is 159 Å². The van der Waals surface area contributed by atoms with E-state index >= 15 is 0 Å². The lowest BCUT2D eigenvalue weighted by Gasteiger charge is -2.20. The van der Waals surface area contributed by atoms with E-state index in [1.54, 1.807) is 36.4 Å². The molecule has 2 aromatic carbocycles. The molecule has 0 aliphatic carbocycles. The molecule has 0 spiro atoms. The van der Waals surface area contributed by atoms with E-state index in [9.17, 15) is 13.2 Å². The lowest BCUT2D eigenvalue weighted by molar-refractivity contribution is -0.116. The molecule has 0 heterocycles. The zero-order valence-corrected chi connectivity index (χ0v) is 16.5. The van der Waals surface area contributed by atoms with Crippen molar-refractivity contribution >= 4 is 38.9 Å². The average Bonchev–Trinajstić information content (AvgIpc) is 2.55. The Hall–Kier alpha value is -2.09. The van der Waals surface area contributed by atoms with Crippen molar-refractivity contribution < 1.29 is 13.2 Å². The minimum absolute atomic E-state index is 0.0332. The molecule has 26 heavy (non-hydrogen) atoms. The van der Waals surface area contributed by atoms with E-state index in [0.29, 0.717) is 16.3 Å². The van der Waals surface area contributed by atoms with Crippen molar-refractivity contribution in [3.05, 3.63) is 59.1 Å². The molecule has 0 bridgehead atoms. The third kappa shape index (κ3) is 5.72. The van der Waals surface area contributed by atoms with Gasteiger partial charge in [-0.15, -0.1) is 0 Å². The SMILES string of the molecule is CN(C)c1ccc(NC(=O)CN(Cc2ccccc2Cl)S(C)(=O)=O)cc1. The Kier molecular flexibility index (Phi) is 6.63. The fourth-order valence-electron chi connectivity index (χ4n) is 2.31. The van der Waals surface area contributed by atoms with Crippen LogP contribution in [0.25, 0.3) is 0 Å². The van der Waals surface area contributed by atoms with Crippen molar-refractivity contribution in [3.63, 3.8) is 0 Å². The predicted molar refractivity (Wildman–Crippen MR) is 106 cm³/mol. The van der Waals surface area contributed by atoms with Crippen LogP contribution in [0.1, 0.15) is 5.56 Å². The van der Waals surface area contributed by atoms with Gasteiger partial charge in [0.2, 0.25) is 15.9 Å². The Morgan fingerprint density at radius 1 is 1.08 bits per heavy atom. The van der Waals surface area contributed by atoms with Crippen molar-refractivity contribution in [1.82, 2.24) is 4.31 Å². The van der Waals surface area contributed by atoms with Gasteiger partial charge in [0.15, 0.2) is 0 Å². The van der Waals surface area contributed by atoms with Crippen LogP contribution in [0.3, 0.4) is 0 Å². The van der Waals surface area contributed by atoms with Crippen LogP contribution in [0.4, 0.5) is 11.4 Å². The summed E-state index contributed by atoms with van der Waals surface area (Å²) in [5, 5.41) is 3.17. The van der Waals surface area contributed by atoms with Gasteiger partial charge in [-0.05, 0) is 35.9 Å². The van der Waals surface area contributed by atoms with E-state index in [0.717, 1.165) is 16.2 Å². The van der Waals surface area contributed by atoms with E-state index in [1.807, 2.05) is 31.1 Å². The zero-order chi connectivity index (χ0) is 19.3. The third-order valence-electron chi connectivity index (χ3n) is 3.76.